The van der Waals surface area contributed by atoms with Gasteiger partial charge in [-0.2, -0.15) is 5.26 Å². The first-order valence-electron chi connectivity index (χ1n) is 3.78. The zero-order valence-electron chi connectivity index (χ0n) is 7.02. The van der Waals surface area contributed by atoms with Crippen molar-refractivity contribution in [3.63, 3.8) is 0 Å². The van der Waals surface area contributed by atoms with Gasteiger partial charge in [0.25, 0.3) is 0 Å². The first-order chi connectivity index (χ1) is 6.35. The molecule has 1 aliphatic rings. The highest BCUT2D eigenvalue weighted by Crippen LogP contribution is 1.90. The summed E-state index contributed by atoms with van der Waals surface area (Å²) in [4.78, 5) is 12.1. The van der Waals surface area contributed by atoms with Crippen LogP contribution in [-0.4, -0.2) is 13.0 Å². The Labute approximate surface area is 74.6 Å². The third-order valence-corrected chi connectivity index (χ3v) is 1.77. The second kappa shape index (κ2) is 2.79. The summed E-state index contributed by atoms with van der Waals surface area (Å²) in [6.45, 7) is 0. The fourth-order valence-corrected chi connectivity index (χ4v) is 1.16. The highest BCUT2D eigenvalue weighted by Gasteiger charge is 2.05. The Morgan fingerprint density at radius 3 is 2.92 bits per heavy atom. The molecule has 1 aromatic rings. The molecule has 0 N–H and O–H groups in total. The molecule has 4 nitrogen and oxygen atoms in total. The Bertz CT molecular complexity index is 534. The van der Waals surface area contributed by atoms with Crippen LogP contribution in [0.2, 0.25) is 0 Å². The minimum atomic E-state index is 0.428. The molecular weight excluding hydrogens is 164 g/mol. The molecule has 0 radical (unpaired) electrons. The molecule has 62 valence electrons. The van der Waals surface area contributed by atoms with Crippen molar-refractivity contribution in [1.82, 2.24) is 0 Å². The van der Waals surface area contributed by atoms with Gasteiger partial charge in [-0.3, -0.25) is 4.99 Å². The molecule has 1 heterocycles. The van der Waals surface area contributed by atoms with E-state index in [1.165, 1.54) is 0 Å². The average Bonchev–Trinajstić information content (AvgIpc) is 2.59. The van der Waals surface area contributed by atoms with Crippen LogP contribution in [0.15, 0.2) is 33.2 Å². The molecule has 1 aliphatic heterocycles. The SMILES string of the molecule is CN=C1N=c2cccc(C#N)c2=N1. The van der Waals surface area contributed by atoms with Crippen LogP contribution in [0, 0.1) is 11.3 Å². The van der Waals surface area contributed by atoms with Crippen molar-refractivity contribution in [2.45, 2.75) is 0 Å². The van der Waals surface area contributed by atoms with E-state index in [9.17, 15) is 0 Å². The highest BCUT2D eigenvalue weighted by atomic mass is 15.1. The van der Waals surface area contributed by atoms with Crippen LogP contribution in [0.5, 0.6) is 0 Å². The van der Waals surface area contributed by atoms with Gasteiger partial charge in [0.05, 0.1) is 10.9 Å². The Kier molecular flexibility index (Phi) is 1.64. The number of nitrogens with zero attached hydrogens (tertiary/aromatic N) is 4. The second-order valence-electron chi connectivity index (χ2n) is 2.53. The summed E-state index contributed by atoms with van der Waals surface area (Å²) in [7, 11) is 1.63. The van der Waals surface area contributed by atoms with Crippen molar-refractivity contribution < 1.29 is 0 Å². The summed E-state index contributed by atoms with van der Waals surface area (Å²) in [5.41, 5.74) is 0.542. The second-order valence-corrected chi connectivity index (χ2v) is 2.53. The fraction of sp³-hybridized carbons (Fsp3) is 0.111. The molecular formula is C9H6N4. The van der Waals surface area contributed by atoms with Crippen molar-refractivity contribution >= 4 is 5.96 Å². The van der Waals surface area contributed by atoms with Gasteiger partial charge in [-0.25, -0.2) is 9.98 Å². The number of hydrogen-bond donors (Lipinski definition) is 0. The zero-order chi connectivity index (χ0) is 9.26. The lowest BCUT2D eigenvalue weighted by Gasteiger charge is -1.83. The zero-order valence-corrected chi connectivity index (χ0v) is 7.02. The standard InChI is InChI=1S/C9H6N4/c1-11-9-12-7-4-2-3-6(5-10)8(7)13-9/h2-4H,1H3. The first kappa shape index (κ1) is 7.62. The van der Waals surface area contributed by atoms with Crippen molar-refractivity contribution in [3.05, 3.63) is 34.5 Å². The maximum absolute atomic E-state index is 8.77. The van der Waals surface area contributed by atoms with E-state index in [0.29, 0.717) is 16.9 Å². The minimum Gasteiger partial charge on any atom is -0.253 e. The summed E-state index contributed by atoms with van der Waals surface area (Å²) in [5.74, 6) is 0.428. The van der Waals surface area contributed by atoms with Gasteiger partial charge in [0.2, 0.25) is 5.96 Å². The number of guanidine groups is 1. The normalized spacial score (nSPS) is 15.8. The van der Waals surface area contributed by atoms with Crippen molar-refractivity contribution in [2.24, 2.45) is 15.0 Å². The van der Waals surface area contributed by atoms with Crippen LogP contribution in [0.25, 0.3) is 0 Å². The average molecular weight is 170 g/mol. The topological polar surface area (TPSA) is 60.9 Å². The minimum absolute atomic E-state index is 0.428. The summed E-state index contributed by atoms with van der Waals surface area (Å²) in [6, 6.07) is 7.39. The fourth-order valence-electron chi connectivity index (χ4n) is 1.16. The molecule has 0 unspecified atom stereocenters. The predicted molar refractivity (Wildman–Crippen MR) is 46.8 cm³/mol. The first-order valence-corrected chi connectivity index (χ1v) is 3.78. The lowest BCUT2D eigenvalue weighted by atomic mass is 10.2. The van der Waals surface area contributed by atoms with Gasteiger partial charge in [-0.1, -0.05) is 6.07 Å². The van der Waals surface area contributed by atoms with Crippen LogP contribution in [0.1, 0.15) is 5.56 Å². The van der Waals surface area contributed by atoms with Crippen molar-refractivity contribution in [3.8, 4) is 6.07 Å². The molecule has 0 saturated carbocycles. The molecule has 13 heavy (non-hydrogen) atoms. The largest absolute Gasteiger partial charge is 0.253 e. The highest BCUT2D eigenvalue weighted by molar-refractivity contribution is 5.83. The lowest BCUT2D eigenvalue weighted by molar-refractivity contribution is 1.32. The van der Waals surface area contributed by atoms with Crippen LogP contribution >= 0.6 is 0 Å². The number of fused-ring (bicyclic) bond motifs is 1. The van der Waals surface area contributed by atoms with Crippen LogP contribution in [0.3, 0.4) is 0 Å². The Hall–Kier alpha value is -2.02. The monoisotopic (exact) mass is 170 g/mol. The van der Waals surface area contributed by atoms with Gasteiger partial charge < -0.3 is 0 Å². The molecule has 0 aliphatic carbocycles. The molecule has 1 aromatic carbocycles. The van der Waals surface area contributed by atoms with Crippen molar-refractivity contribution in [1.29, 1.82) is 5.26 Å². The Morgan fingerprint density at radius 1 is 1.38 bits per heavy atom. The number of para-hydroxylation sites is 1. The number of rotatable bonds is 0. The van der Waals surface area contributed by atoms with Gasteiger partial charge in [-0.05, 0) is 12.1 Å². The molecule has 4 heteroatoms. The predicted octanol–water partition coefficient (Wildman–Crippen LogP) is -0.203. The molecule has 0 saturated heterocycles. The van der Waals surface area contributed by atoms with E-state index in [1.54, 1.807) is 19.2 Å². The third kappa shape index (κ3) is 1.11. The number of nitriles is 1. The van der Waals surface area contributed by atoms with Crippen LogP contribution < -0.4 is 10.7 Å². The third-order valence-electron chi connectivity index (χ3n) is 1.77. The lowest BCUT2D eigenvalue weighted by Crippen LogP contribution is -2.24. The number of benzene rings is 1. The molecule has 0 aromatic heterocycles. The maximum atomic E-state index is 8.77. The van der Waals surface area contributed by atoms with Crippen LogP contribution in [0.4, 0.5) is 0 Å². The maximum Gasteiger partial charge on any atom is 0.245 e. The van der Waals surface area contributed by atoms with Gasteiger partial charge in [0.1, 0.15) is 11.4 Å². The van der Waals surface area contributed by atoms with E-state index < -0.39 is 0 Å². The molecule has 0 fully saturated rings. The van der Waals surface area contributed by atoms with Gasteiger partial charge in [-0.15, -0.1) is 0 Å². The summed E-state index contributed by atoms with van der Waals surface area (Å²) >= 11 is 0. The van der Waals surface area contributed by atoms with Gasteiger partial charge in [0.15, 0.2) is 0 Å². The van der Waals surface area contributed by atoms with Gasteiger partial charge in [0, 0.05) is 7.05 Å². The molecule has 2 rings (SSSR count). The van der Waals surface area contributed by atoms with E-state index >= 15 is 0 Å². The van der Waals surface area contributed by atoms with E-state index in [4.69, 9.17) is 5.26 Å². The molecule has 0 amide bonds. The number of aliphatic imine (C=N–C) groups is 1. The van der Waals surface area contributed by atoms with Crippen LogP contribution in [-0.2, 0) is 0 Å². The molecule has 0 bridgehead atoms. The number of hydrogen-bond acceptors (Lipinski definition) is 2. The van der Waals surface area contributed by atoms with Crippen molar-refractivity contribution in [2.75, 3.05) is 7.05 Å². The van der Waals surface area contributed by atoms with Gasteiger partial charge >= 0.3 is 0 Å². The summed E-state index contributed by atoms with van der Waals surface area (Å²) in [6.07, 6.45) is 0. The Morgan fingerprint density at radius 2 is 2.23 bits per heavy atom. The van der Waals surface area contributed by atoms with E-state index in [1.807, 2.05) is 6.07 Å². The van der Waals surface area contributed by atoms with E-state index in [-0.39, 0.29) is 0 Å². The Balaban J connectivity index is 2.87. The summed E-state index contributed by atoms with van der Waals surface area (Å²) in [5, 5.41) is 10.1. The van der Waals surface area contributed by atoms with E-state index in [2.05, 4.69) is 21.0 Å². The molecule has 0 atom stereocenters. The molecule has 0 spiro atoms. The summed E-state index contributed by atoms with van der Waals surface area (Å²) < 4.78 is 0. The van der Waals surface area contributed by atoms with E-state index in [0.717, 1.165) is 5.36 Å². The quantitative estimate of drug-likeness (QED) is 0.531. The smallest absolute Gasteiger partial charge is 0.245 e.